The van der Waals surface area contributed by atoms with E-state index in [4.69, 9.17) is 4.74 Å². The average Bonchev–Trinajstić information content (AvgIpc) is 3.11. The SMILES string of the molecule is CNC(=O)c1c(NC)cncc1OC1CC1. The van der Waals surface area contributed by atoms with E-state index in [2.05, 4.69) is 15.6 Å². The first-order valence-electron chi connectivity index (χ1n) is 5.30. The van der Waals surface area contributed by atoms with Gasteiger partial charge in [0.2, 0.25) is 0 Å². The van der Waals surface area contributed by atoms with Crippen LogP contribution in [0.15, 0.2) is 12.4 Å². The third-order valence-electron chi connectivity index (χ3n) is 2.45. The van der Waals surface area contributed by atoms with Crippen LogP contribution in [0.25, 0.3) is 0 Å². The summed E-state index contributed by atoms with van der Waals surface area (Å²) in [4.78, 5) is 15.8. The van der Waals surface area contributed by atoms with E-state index in [9.17, 15) is 4.79 Å². The molecule has 1 aliphatic rings. The number of nitrogens with zero attached hydrogens (tertiary/aromatic N) is 1. The van der Waals surface area contributed by atoms with E-state index < -0.39 is 0 Å². The number of hydrogen-bond acceptors (Lipinski definition) is 4. The molecule has 0 radical (unpaired) electrons. The summed E-state index contributed by atoms with van der Waals surface area (Å²) >= 11 is 0. The first-order chi connectivity index (χ1) is 7.76. The Balaban J connectivity index is 2.36. The van der Waals surface area contributed by atoms with Gasteiger partial charge in [-0.05, 0) is 12.8 Å². The molecule has 2 rings (SSSR count). The van der Waals surface area contributed by atoms with Crippen molar-refractivity contribution in [2.75, 3.05) is 19.4 Å². The van der Waals surface area contributed by atoms with Crippen LogP contribution >= 0.6 is 0 Å². The predicted molar refractivity (Wildman–Crippen MR) is 60.8 cm³/mol. The van der Waals surface area contributed by atoms with Gasteiger partial charge in [-0.2, -0.15) is 0 Å². The Kier molecular flexibility index (Phi) is 2.94. The van der Waals surface area contributed by atoms with Crippen molar-refractivity contribution >= 4 is 11.6 Å². The Morgan fingerprint density at radius 1 is 1.44 bits per heavy atom. The monoisotopic (exact) mass is 221 g/mol. The van der Waals surface area contributed by atoms with Gasteiger partial charge in [-0.3, -0.25) is 9.78 Å². The molecule has 5 heteroatoms. The van der Waals surface area contributed by atoms with E-state index >= 15 is 0 Å². The molecule has 1 aliphatic carbocycles. The zero-order valence-electron chi connectivity index (χ0n) is 9.41. The Bertz CT molecular complexity index is 402. The fraction of sp³-hybridized carbons (Fsp3) is 0.455. The van der Waals surface area contributed by atoms with E-state index in [1.165, 1.54) is 0 Å². The molecular formula is C11H15N3O2. The van der Waals surface area contributed by atoms with Crippen LogP contribution in [0.2, 0.25) is 0 Å². The molecule has 1 aromatic heterocycles. The number of aromatic nitrogens is 1. The van der Waals surface area contributed by atoms with E-state index in [-0.39, 0.29) is 12.0 Å². The minimum absolute atomic E-state index is 0.164. The topological polar surface area (TPSA) is 63.2 Å². The largest absolute Gasteiger partial charge is 0.488 e. The lowest BCUT2D eigenvalue weighted by Crippen LogP contribution is -2.21. The molecule has 0 aliphatic heterocycles. The highest BCUT2D eigenvalue weighted by Crippen LogP contribution is 2.31. The summed E-state index contributed by atoms with van der Waals surface area (Å²) < 4.78 is 5.66. The second-order valence-corrected chi connectivity index (χ2v) is 3.71. The number of carbonyl (C=O) groups is 1. The van der Waals surface area contributed by atoms with Crippen LogP contribution in [-0.4, -0.2) is 31.1 Å². The second kappa shape index (κ2) is 4.38. The molecule has 16 heavy (non-hydrogen) atoms. The van der Waals surface area contributed by atoms with Crippen molar-refractivity contribution in [2.24, 2.45) is 0 Å². The predicted octanol–water partition coefficient (Wildman–Crippen LogP) is 1.02. The Labute approximate surface area is 94.2 Å². The molecule has 1 saturated carbocycles. The highest BCUT2D eigenvalue weighted by Gasteiger charge is 2.26. The number of pyridine rings is 1. The fourth-order valence-corrected chi connectivity index (χ4v) is 1.44. The van der Waals surface area contributed by atoms with E-state index in [0.29, 0.717) is 17.0 Å². The Morgan fingerprint density at radius 3 is 2.75 bits per heavy atom. The second-order valence-electron chi connectivity index (χ2n) is 3.71. The molecule has 0 aromatic carbocycles. The van der Waals surface area contributed by atoms with Crippen molar-refractivity contribution in [3.63, 3.8) is 0 Å². The van der Waals surface area contributed by atoms with Crippen LogP contribution in [0.4, 0.5) is 5.69 Å². The number of amides is 1. The first kappa shape index (κ1) is 10.7. The minimum Gasteiger partial charge on any atom is -0.488 e. The summed E-state index contributed by atoms with van der Waals surface area (Å²) in [7, 11) is 3.35. The highest BCUT2D eigenvalue weighted by atomic mass is 16.5. The lowest BCUT2D eigenvalue weighted by Gasteiger charge is -2.13. The molecular weight excluding hydrogens is 206 g/mol. The summed E-state index contributed by atoms with van der Waals surface area (Å²) in [6, 6.07) is 0. The third kappa shape index (κ3) is 2.08. The summed E-state index contributed by atoms with van der Waals surface area (Å²) in [5.74, 6) is 0.385. The molecule has 1 fully saturated rings. The molecule has 0 bridgehead atoms. The molecule has 0 saturated heterocycles. The van der Waals surface area contributed by atoms with Crippen molar-refractivity contribution < 1.29 is 9.53 Å². The van der Waals surface area contributed by atoms with Gasteiger partial charge in [0, 0.05) is 14.1 Å². The molecule has 5 nitrogen and oxygen atoms in total. The van der Waals surface area contributed by atoms with Gasteiger partial charge in [0.1, 0.15) is 5.56 Å². The van der Waals surface area contributed by atoms with Crippen molar-refractivity contribution in [2.45, 2.75) is 18.9 Å². The van der Waals surface area contributed by atoms with Crippen molar-refractivity contribution in [3.8, 4) is 5.75 Å². The Morgan fingerprint density at radius 2 is 2.19 bits per heavy atom. The van der Waals surface area contributed by atoms with Crippen LogP contribution in [0.5, 0.6) is 5.75 Å². The summed E-state index contributed by atoms with van der Waals surface area (Å²) in [6.45, 7) is 0. The van der Waals surface area contributed by atoms with Crippen molar-refractivity contribution in [1.82, 2.24) is 10.3 Å². The van der Waals surface area contributed by atoms with Gasteiger partial charge in [0.15, 0.2) is 5.75 Å². The molecule has 1 heterocycles. The maximum Gasteiger partial charge on any atom is 0.257 e. The van der Waals surface area contributed by atoms with Gasteiger partial charge in [0.05, 0.1) is 24.2 Å². The van der Waals surface area contributed by atoms with Gasteiger partial charge in [-0.1, -0.05) is 0 Å². The third-order valence-corrected chi connectivity index (χ3v) is 2.45. The smallest absolute Gasteiger partial charge is 0.257 e. The normalized spacial score (nSPS) is 14.4. The molecule has 0 atom stereocenters. The minimum atomic E-state index is -0.164. The average molecular weight is 221 g/mol. The number of anilines is 1. The number of ether oxygens (including phenoxy) is 1. The van der Waals surface area contributed by atoms with Crippen LogP contribution in [0.1, 0.15) is 23.2 Å². The summed E-state index contributed by atoms with van der Waals surface area (Å²) in [6.07, 6.45) is 5.56. The first-order valence-corrected chi connectivity index (χ1v) is 5.30. The number of carbonyl (C=O) groups excluding carboxylic acids is 1. The number of hydrogen-bond donors (Lipinski definition) is 2. The zero-order chi connectivity index (χ0) is 11.5. The van der Waals surface area contributed by atoms with Crippen molar-refractivity contribution in [3.05, 3.63) is 18.0 Å². The van der Waals surface area contributed by atoms with E-state index in [0.717, 1.165) is 12.8 Å². The maximum atomic E-state index is 11.8. The molecule has 86 valence electrons. The maximum absolute atomic E-state index is 11.8. The number of rotatable bonds is 4. The lowest BCUT2D eigenvalue weighted by atomic mass is 10.2. The molecule has 1 amide bonds. The van der Waals surface area contributed by atoms with E-state index in [1.807, 2.05) is 0 Å². The quantitative estimate of drug-likeness (QED) is 0.797. The molecule has 1 aromatic rings. The lowest BCUT2D eigenvalue weighted by molar-refractivity contribution is 0.0959. The van der Waals surface area contributed by atoms with Gasteiger partial charge in [0.25, 0.3) is 5.91 Å². The van der Waals surface area contributed by atoms with Gasteiger partial charge in [-0.25, -0.2) is 0 Å². The molecule has 2 N–H and O–H groups in total. The summed E-state index contributed by atoms with van der Waals surface area (Å²) in [5.41, 5.74) is 1.20. The molecule has 0 unspecified atom stereocenters. The summed E-state index contributed by atoms with van der Waals surface area (Å²) in [5, 5.41) is 5.54. The van der Waals surface area contributed by atoms with Crippen LogP contribution in [0, 0.1) is 0 Å². The highest BCUT2D eigenvalue weighted by molar-refractivity contribution is 6.01. The van der Waals surface area contributed by atoms with Crippen LogP contribution in [-0.2, 0) is 0 Å². The number of nitrogens with one attached hydrogen (secondary N) is 2. The fourth-order valence-electron chi connectivity index (χ4n) is 1.44. The van der Waals surface area contributed by atoms with Gasteiger partial charge >= 0.3 is 0 Å². The van der Waals surface area contributed by atoms with Gasteiger partial charge < -0.3 is 15.4 Å². The zero-order valence-corrected chi connectivity index (χ0v) is 9.41. The van der Waals surface area contributed by atoms with Crippen LogP contribution in [0.3, 0.4) is 0 Å². The van der Waals surface area contributed by atoms with Crippen LogP contribution < -0.4 is 15.4 Å². The Hall–Kier alpha value is -1.78. The van der Waals surface area contributed by atoms with E-state index in [1.54, 1.807) is 26.5 Å². The van der Waals surface area contributed by atoms with Gasteiger partial charge in [-0.15, -0.1) is 0 Å². The van der Waals surface area contributed by atoms with Crippen molar-refractivity contribution in [1.29, 1.82) is 0 Å². The standard InChI is InChI=1S/C11H15N3O2/c1-12-8-5-14-6-9(16-7-3-4-7)10(8)11(15)13-2/h5-7,12H,3-4H2,1-2H3,(H,13,15). The molecule has 0 spiro atoms.